The highest BCUT2D eigenvalue weighted by molar-refractivity contribution is 5.83. The third-order valence-corrected chi connectivity index (χ3v) is 6.96. The molecule has 6 rings (SSSR count). The van der Waals surface area contributed by atoms with E-state index in [1.54, 1.807) is 0 Å². The Morgan fingerprint density at radius 2 is 1.71 bits per heavy atom. The number of hydrogen-bond acceptors (Lipinski definition) is 1. The second kappa shape index (κ2) is 5.11. The molecule has 3 heteroatoms. The van der Waals surface area contributed by atoms with Crippen LogP contribution in [0.5, 0.6) is 0 Å². The largest absolute Gasteiger partial charge is 0.367 e. The molecule has 2 heterocycles. The van der Waals surface area contributed by atoms with Crippen molar-refractivity contribution in [2.75, 3.05) is 0 Å². The Bertz CT molecular complexity index is 743. The molecule has 2 aromatic rings. The molecule has 4 fully saturated rings. The van der Waals surface area contributed by atoms with Crippen molar-refractivity contribution in [1.82, 2.24) is 9.97 Å². The molecule has 4 aliphatic rings. The molecule has 4 bridgehead atoms. The average molecular weight is 321 g/mol. The van der Waals surface area contributed by atoms with E-state index in [1.165, 1.54) is 66.6 Å². The van der Waals surface area contributed by atoms with Gasteiger partial charge in [0.15, 0.2) is 0 Å². The maximum atomic E-state index is 5.22. The number of aliphatic imine (C=N–C) groups is 1. The summed E-state index contributed by atoms with van der Waals surface area (Å²) in [5.41, 5.74) is 6.57. The minimum absolute atomic E-state index is 0.258. The number of rotatable bonds is 3. The fraction of sp³-hybridized carbons (Fsp3) is 0.571. The van der Waals surface area contributed by atoms with E-state index in [1.807, 2.05) is 6.20 Å². The van der Waals surface area contributed by atoms with E-state index in [4.69, 9.17) is 4.99 Å². The molecule has 4 aliphatic carbocycles. The predicted octanol–water partition coefficient (Wildman–Crippen LogP) is 5.01. The second-order valence-corrected chi connectivity index (χ2v) is 8.66. The van der Waals surface area contributed by atoms with Gasteiger partial charge in [-0.3, -0.25) is 4.99 Å². The first-order valence-corrected chi connectivity index (χ1v) is 9.49. The first kappa shape index (κ1) is 14.6. The van der Waals surface area contributed by atoms with Crippen molar-refractivity contribution in [1.29, 1.82) is 0 Å². The van der Waals surface area contributed by atoms with E-state index in [2.05, 4.69) is 42.3 Å². The number of aromatic amines is 2. The lowest BCUT2D eigenvalue weighted by Crippen LogP contribution is -2.49. The number of H-pyrrole nitrogens is 2. The van der Waals surface area contributed by atoms with Crippen LogP contribution in [0.1, 0.15) is 55.3 Å². The minimum atomic E-state index is 0.258. The fourth-order valence-corrected chi connectivity index (χ4v) is 6.03. The van der Waals surface area contributed by atoms with Crippen LogP contribution in [0, 0.1) is 31.6 Å². The Morgan fingerprint density at radius 1 is 1.04 bits per heavy atom. The summed E-state index contributed by atoms with van der Waals surface area (Å²) in [7, 11) is 0. The van der Waals surface area contributed by atoms with E-state index in [9.17, 15) is 0 Å². The number of nitrogens with one attached hydrogen (secondary N) is 2. The lowest BCUT2D eigenvalue weighted by molar-refractivity contribution is 0.00194. The lowest BCUT2D eigenvalue weighted by atomic mass is 9.53. The molecule has 0 amide bonds. The second-order valence-electron chi connectivity index (χ2n) is 8.66. The Balaban J connectivity index is 1.46. The van der Waals surface area contributed by atoms with Crippen LogP contribution in [0.3, 0.4) is 0 Å². The molecule has 0 aliphatic heterocycles. The standard InChI is InChI=1S/C21H27N3/c1-13-14(2)20(18-3-4-22-11-18)24-19(13)12-23-21-8-15-5-16(9-21)7-17(6-15)10-21/h3-4,11-12,15-17,22,24H,5-10H2,1-2H3. The summed E-state index contributed by atoms with van der Waals surface area (Å²) in [4.78, 5) is 12.0. The molecule has 0 radical (unpaired) electrons. The van der Waals surface area contributed by atoms with Crippen LogP contribution in [-0.4, -0.2) is 21.7 Å². The number of aromatic nitrogens is 2. The van der Waals surface area contributed by atoms with Crippen LogP contribution >= 0.6 is 0 Å². The van der Waals surface area contributed by atoms with Gasteiger partial charge in [0.05, 0.1) is 16.9 Å². The van der Waals surface area contributed by atoms with Crippen molar-refractivity contribution < 1.29 is 0 Å². The first-order chi connectivity index (χ1) is 11.6. The van der Waals surface area contributed by atoms with Gasteiger partial charge in [0.1, 0.15) is 0 Å². The zero-order valence-corrected chi connectivity index (χ0v) is 14.7. The summed E-state index contributed by atoms with van der Waals surface area (Å²) in [6.45, 7) is 4.42. The van der Waals surface area contributed by atoms with Crippen molar-refractivity contribution in [3.8, 4) is 11.3 Å². The zero-order valence-electron chi connectivity index (χ0n) is 14.7. The third kappa shape index (κ3) is 2.21. The molecule has 2 N–H and O–H groups in total. The van der Waals surface area contributed by atoms with E-state index >= 15 is 0 Å². The van der Waals surface area contributed by atoms with E-state index in [0.717, 1.165) is 17.8 Å². The van der Waals surface area contributed by atoms with Crippen molar-refractivity contribution >= 4 is 6.21 Å². The Kier molecular flexibility index (Phi) is 3.10. The zero-order chi connectivity index (χ0) is 16.3. The summed E-state index contributed by atoms with van der Waals surface area (Å²) in [5.74, 6) is 2.86. The number of hydrogen-bond donors (Lipinski definition) is 2. The quantitative estimate of drug-likeness (QED) is 0.746. The van der Waals surface area contributed by atoms with Gasteiger partial charge < -0.3 is 9.97 Å². The summed E-state index contributed by atoms with van der Waals surface area (Å²) in [6, 6.07) is 2.12. The Labute approximate surface area is 144 Å². The SMILES string of the molecule is Cc1c(C=NC23CC4CC(CC(C4)C2)C3)[nH]c(-c2cc[nH]c2)c1C. The van der Waals surface area contributed by atoms with Crippen LogP contribution in [0.15, 0.2) is 23.5 Å². The average Bonchev–Trinajstić information content (AvgIpc) is 3.15. The Hall–Kier alpha value is -1.77. The van der Waals surface area contributed by atoms with Gasteiger partial charge in [0.2, 0.25) is 0 Å². The summed E-state index contributed by atoms with van der Waals surface area (Å²) in [5, 5.41) is 0. The molecule has 3 nitrogen and oxygen atoms in total. The monoisotopic (exact) mass is 321 g/mol. The molecular formula is C21H27N3. The first-order valence-electron chi connectivity index (χ1n) is 9.49. The summed E-state index contributed by atoms with van der Waals surface area (Å²) < 4.78 is 0. The van der Waals surface area contributed by atoms with Gasteiger partial charge in [-0.25, -0.2) is 0 Å². The van der Waals surface area contributed by atoms with Gasteiger partial charge in [0, 0.05) is 24.2 Å². The van der Waals surface area contributed by atoms with Crippen LogP contribution in [-0.2, 0) is 0 Å². The van der Waals surface area contributed by atoms with Gasteiger partial charge in [-0.1, -0.05) is 0 Å². The van der Waals surface area contributed by atoms with Gasteiger partial charge in [-0.15, -0.1) is 0 Å². The van der Waals surface area contributed by atoms with E-state index < -0.39 is 0 Å². The van der Waals surface area contributed by atoms with Crippen LogP contribution in [0.4, 0.5) is 0 Å². The van der Waals surface area contributed by atoms with Gasteiger partial charge in [0.25, 0.3) is 0 Å². The van der Waals surface area contributed by atoms with Crippen molar-refractivity contribution in [2.45, 2.75) is 57.9 Å². The Morgan fingerprint density at radius 3 is 2.29 bits per heavy atom. The fourth-order valence-electron chi connectivity index (χ4n) is 6.03. The van der Waals surface area contributed by atoms with Gasteiger partial charge in [-0.05, 0) is 87.3 Å². The molecule has 24 heavy (non-hydrogen) atoms. The molecule has 0 spiro atoms. The third-order valence-electron chi connectivity index (χ3n) is 6.96. The predicted molar refractivity (Wildman–Crippen MR) is 98.6 cm³/mol. The van der Waals surface area contributed by atoms with Crippen molar-refractivity contribution in [3.63, 3.8) is 0 Å². The van der Waals surface area contributed by atoms with Crippen LogP contribution < -0.4 is 0 Å². The van der Waals surface area contributed by atoms with Crippen LogP contribution in [0.2, 0.25) is 0 Å². The number of nitrogens with zero attached hydrogens (tertiary/aromatic N) is 1. The van der Waals surface area contributed by atoms with E-state index in [-0.39, 0.29) is 5.54 Å². The summed E-state index contributed by atoms with van der Waals surface area (Å²) >= 11 is 0. The smallest absolute Gasteiger partial charge is 0.0617 e. The highest BCUT2D eigenvalue weighted by atomic mass is 14.9. The highest BCUT2D eigenvalue weighted by Crippen LogP contribution is 2.57. The van der Waals surface area contributed by atoms with Gasteiger partial charge >= 0.3 is 0 Å². The topological polar surface area (TPSA) is 43.9 Å². The molecule has 2 aromatic heterocycles. The molecular weight excluding hydrogens is 294 g/mol. The maximum Gasteiger partial charge on any atom is 0.0617 e. The maximum absolute atomic E-state index is 5.22. The van der Waals surface area contributed by atoms with Crippen molar-refractivity contribution in [2.24, 2.45) is 22.7 Å². The highest BCUT2D eigenvalue weighted by Gasteiger charge is 2.50. The summed E-state index contributed by atoms with van der Waals surface area (Å²) in [6.07, 6.45) is 14.6. The molecule has 0 aromatic carbocycles. The molecule has 0 atom stereocenters. The van der Waals surface area contributed by atoms with Crippen LogP contribution in [0.25, 0.3) is 11.3 Å². The van der Waals surface area contributed by atoms with Crippen molar-refractivity contribution in [3.05, 3.63) is 35.3 Å². The molecule has 4 saturated carbocycles. The molecule has 0 unspecified atom stereocenters. The lowest BCUT2D eigenvalue weighted by Gasteiger charge is -2.54. The minimum Gasteiger partial charge on any atom is -0.367 e. The normalized spacial score (nSPS) is 34.5. The van der Waals surface area contributed by atoms with E-state index in [0.29, 0.717) is 0 Å². The van der Waals surface area contributed by atoms with Gasteiger partial charge in [-0.2, -0.15) is 0 Å². The molecule has 0 saturated heterocycles. The molecule has 126 valence electrons.